The van der Waals surface area contributed by atoms with E-state index in [9.17, 15) is 8.78 Å². The van der Waals surface area contributed by atoms with E-state index < -0.39 is 11.8 Å². The third kappa shape index (κ3) is 2.80. The normalized spacial score (nSPS) is 26.1. The summed E-state index contributed by atoms with van der Waals surface area (Å²) in [4.78, 5) is 3.74. The first-order chi connectivity index (χ1) is 8.80. The molecule has 1 heterocycles. The van der Waals surface area contributed by atoms with Crippen LogP contribution >= 0.6 is 0 Å². The van der Waals surface area contributed by atoms with Gasteiger partial charge in [0, 0.05) is 31.2 Å². The predicted octanol–water partition coefficient (Wildman–Crippen LogP) is 1.84. The zero-order chi connectivity index (χ0) is 14.2. The Morgan fingerprint density at radius 1 is 1.53 bits per heavy atom. The van der Waals surface area contributed by atoms with Crippen molar-refractivity contribution < 1.29 is 8.78 Å². The van der Waals surface area contributed by atoms with Gasteiger partial charge in [-0.15, -0.1) is 0 Å². The van der Waals surface area contributed by atoms with Gasteiger partial charge in [0.2, 0.25) is 5.92 Å². The van der Waals surface area contributed by atoms with Crippen LogP contribution in [0.5, 0.6) is 0 Å². The Labute approximate surface area is 109 Å². The van der Waals surface area contributed by atoms with Gasteiger partial charge in [-0.05, 0) is 12.3 Å². The number of anilines is 1. The maximum Gasteiger partial charge on any atom is 0.249 e. The van der Waals surface area contributed by atoms with Crippen molar-refractivity contribution in [1.29, 1.82) is 10.8 Å². The first-order valence-corrected chi connectivity index (χ1v) is 6.14. The minimum atomic E-state index is -2.74. The number of rotatable bonds is 1. The van der Waals surface area contributed by atoms with Crippen LogP contribution in [-0.4, -0.2) is 21.3 Å². The number of hydrogen-bond donors (Lipinski definition) is 3. The van der Waals surface area contributed by atoms with Crippen LogP contribution in [0.2, 0.25) is 0 Å². The number of halogens is 2. The van der Waals surface area contributed by atoms with E-state index in [1.165, 1.54) is 17.0 Å². The Morgan fingerprint density at radius 3 is 2.84 bits per heavy atom. The highest BCUT2D eigenvalue weighted by molar-refractivity contribution is 5.84. The molecule has 5 nitrogen and oxygen atoms in total. The topological polar surface area (TPSA) is 91.5 Å². The number of nitrogen functional groups attached to an aromatic ring is 1. The van der Waals surface area contributed by atoms with Gasteiger partial charge in [-0.2, -0.15) is 0 Å². The minimum absolute atomic E-state index is 0.00896. The van der Waals surface area contributed by atoms with Gasteiger partial charge in [-0.3, -0.25) is 15.4 Å². The molecule has 0 bridgehead atoms. The zero-order valence-corrected chi connectivity index (χ0v) is 10.7. The van der Waals surface area contributed by atoms with Crippen LogP contribution in [0.4, 0.5) is 14.6 Å². The number of nitrogens with two attached hydrogens (primary N) is 1. The fourth-order valence-corrected chi connectivity index (χ4v) is 2.65. The van der Waals surface area contributed by atoms with Gasteiger partial charge in [0.25, 0.3) is 0 Å². The highest BCUT2D eigenvalue weighted by atomic mass is 19.3. The summed E-state index contributed by atoms with van der Waals surface area (Å²) < 4.78 is 28.4. The summed E-state index contributed by atoms with van der Waals surface area (Å²) in [5, 5.41) is 15.8. The molecule has 0 spiro atoms. The average Bonchev–Trinajstić information content (AvgIpc) is 2.29. The van der Waals surface area contributed by atoms with Crippen LogP contribution in [0.1, 0.15) is 26.2 Å². The molecule has 1 aromatic rings. The molecule has 2 unspecified atom stereocenters. The second-order valence-electron chi connectivity index (χ2n) is 5.22. The molecule has 104 valence electrons. The minimum Gasteiger partial charge on any atom is -0.381 e. The molecule has 2 rings (SSSR count). The predicted molar refractivity (Wildman–Crippen MR) is 67.1 cm³/mol. The van der Waals surface area contributed by atoms with Crippen molar-refractivity contribution in [3.63, 3.8) is 0 Å². The lowest BCUT2D eigenvalue weighted by atomic mass is 9.79. The quantitative estimate of drug-likeness (QED) is 0.536. The molecule has 1 fully saturated rings. The van der Waals surface area contributed by atoms with Gasteiger partial charge >= 0.3 is 0 Å². The van der Waals surface area contributed by atoms with E-state index in [0.717, 1.165) is 0 Å². The SMILES string of the molecule is CC1CC(C(=N)n2ccnc(N)c2=N)CC(F)(F)C1. The molecule has 2 atom stereocenters. The molecule has 0 saturated heterocycles. The maximum atomic E-state index is 13.6. The molecule has 1 aromatic heterocycles. The van der Waals surface area contributed by atoms with Crippen molar-refractivity contribution >= 4 is 11.7 Å². The smallest absolute Gasteiger partial charge is 0.249 e. The Kier molecular flexibility index (Phi) is 3.38. The summed E-state index contributed by atoms with van der Waals surface area (Å²) in [6, 6.07) is 0. The maximum absolute atomic E-state index is 13.6. The van der Waals surface area contributed by atoms with E-state index in [1.807, 2.05) is 0 Å². The lowest BCUT2D eigenvalue weighted by Gasteiger charge is -2.33. The lowest BCUT2D eigenvalue weighted by molar-refractivity contribution is -0.0595. The largest absolute Gasteiger partial charge is 0.381 e. The van der Waals surface area contributed by atoms with Gasteiger partial charge in [0.15, 0.2) is 11.3 Å². The summed E-state index contributed by atoms with van der Waals surface area (Å²) >= 11 is 0. The van der Waals surface area contributed by atoms with E-state index in [2.05, 4.69) is 4.98 Å². The van der Waals surface area contributed by atoms with Crippen molar-refractivity contribution in [2.24, 2.45) is 11.8 Å². The molecule has 1 aliphatic rings. The summed E-state index contributed by atoms with van der Waals surface area (Å²) in [5.74, 6) is -3.46. The van der Waals surface area contributed by atoms with Crippen LogP contribution in [0.25, 0.3) is 0 Å². The molecule has 0 radical (unpaired) electrons. The van der Waals surface area contributed by atoms with Gasteiger partial charge in [-0.25, -0.2) is 13.8 Å². The van der Waals surface area contributed by atoms with Crippen molar-refractivity contribution in [1.82, 2.24) is 9.55 Å². The molecule has 4 N–H and O–H groups in total. The number of aromatic nitrogens is 2. The van der Waals surface area contributed by atoms with Crippen molar-refractivity contribution in [3.8, 4) is 0 Å². The fraction of sp³-hybridized carbons (Fsp3) is 0.583. The number of hydrogen-bond acceptors (Lipinski definition) is 4. The Balaban J connectivity index is 2.29. The molecule has 7 heteroatoms. The summed E-state index contributed by atoms with van der Waals surface area (Å²) in [6.45, 7) is 1.76. The van der Waals surface area contributed by atoms with Crippen LogP contribution in [-0.2, 0) is 0 Å². The summed E-state index contributed by atoms with van der Waals surface area (Å²) in [5.41, 5.74) is 5.37. The molecule has 19 heavy (non-hydrogen) atoms. The average molecular weight is 269 g/mol. The fourth-order valence-electron chi connectivity index (χ4n) is 2.65. The van der Waals surface area contributed by atoms with Crippen molar-refractivity contribution in [2.45, 2.75) is 32.1 Å². The van der Waals surface area contributed by atoms with E-state index in [0.29, 0.717) is 6.42 Å². The zero-order valence-electron chi connectivity index (χ0n) is 10.7. The first-order valence-electron chi connectivity index (χ1n) is 6.14. The first kappa shape index (κ1) is 13.6. The van der Waals surface area contributed by atoms with E-state index in [-0.39, 0.29) is 35.9 Å². The molecule has 0 aromatic carbocycles. The Hall–Kier alpha value is -1.79. The van der Waals surface area contributed by atoms with Crippen LogP contribution < -0.4 is 11.2 Å². The van der Waals surface area contributed by atoms with Gasteiger partial charge in [-0.1, -0.05) is 6.92 Å². The molecule has 1 aliphatic carbocycles. The Bertz CT molecular complexity index is 551. The van der Waals surface area contributed by atoms with Crippen LogP contribution in [0.3, 0.4) is 0 Å². The summed E-state index contributed by atoms with van der Waals surface area (Å²) in [6.07, 6.45) is 2.84. The highest BCUT2D eigenvalue weighted by Crippen LogP contribution is 2.40. The van der Waals surface area contributed by atoms with Crippen LogP contribution in [0.15, 0.2) is 12.4 Å². The molecular formula is C12H17F2N5. The second kappa shape index (κ2) is 4.71. The number of nitrogens with zero attached hydrogens (tertiary/aromatic N) is 2. The standard InChI is InChI=1S/C12H17F2N5/c1-7-4-8(6-12(13,14)5-7)10(16)19-3-2-18-9(15)11(19)17/h2-3,7-8,16-17H,4-6H2,1H3,(H2,15,18). The molecule has 0 amide bonds. The second-order valence-corrected chi connectivity index (χ2v) is 5.22. The number of nitrogens with one attached hydrogen (secondary N) is 2. The summed E-state index contributed by atoms with van der Waals surface area (Å²) in [7, 11) is 0. The monoisotopic (exact) mass is 269 g/mol. The molecule has 1 saturated carbocycles. The van der Waals surface area contributed by atoms with E-state index >= 15 is 0 Å². The third-order valence-electron chi connectivity index (χ3n) is 3.44. The van der Waals surface area contributed by atoms with E-state index in [4.69, 9.17) is 16.6 Å². The van der Waals surface area contributed by atoms with Gasteiger partial charge in [0.05, 0.1) is 0 Å². The lowest BCUT2D eigenvalue weighted by Crippen LogP contribution is -2.40. The van der Waals surface area contributed by atoms with Gasteiger partial charge < -0.3 is 5.73 Å². The van der Waals surface area contributed by atoms with Crippen LogP contribution in [0, 0.1) is 22.7 Å². The molecule has 0 aliphatic heterocycles. The number of alkyl halides is 2. The van der Waals surface area contributed by atoms with Gasteiger partial charge in [0.1, 0.15) is 5.84 Å². The third-order valence-corrected chi connectivity index (χ3v) is 3.44. The van der Waals surface area contributed by atoms with Crippen molar-refractivity contribution in [3.05, 3.63) is 17.9 Å². The highest BCUT2D eigenvalue weighted by Gasteiger charge is 2.41. The van der Waals surface area contributed by atoms with E-state index in [1.54, 1.807) is 6.92 Å². The molecular weight excluding hydrogens is 252 g/mol. The van der Waals surface area contributed by atoms with Crippen molar-refractivity contribution in [2.75, 3.05) is 5.73 Å². The Morgan fingerprint density at radius 2 is 2.21 bits per heavy atom.